The highest BCUT2D eigenvalue weighted by Crippen LogP contribution is 2.32. The van der Waals surface area contributed by atoms with Gasteiger partial charge in [-0.2, -0.15) is 0 Å². The molecule has 6 nitrogen and oxygen atoms in total. The molecule has 0 radical (unpaired) electrons. The molecule has 7 heteroatoms. The van der Waals surface area contributed by atoms with Crippen LogP contribution in [0.2, 0.25) is 0 Å². The molecular formula is C15H15FN2O4. The molecule has 1 fully saturated rings. The zero-order valence-corrected chi connectivity index (χ0v) is 11.7. The Morgan fingerprint density at radius 2 is 1.77 bits per heavy atom. The van der Waals surface area contributed by atoms with E-state index in [1.165, 1.54) is 0 Å². The third kappa shape index (κ3) is 2.32. The first-order chi connectivity index (χ1) is 10.5. The Morgan fingerprint density at radius 1 is 1.18 bits per heavy atom. The summed E-state index contributed by atoms with van der Waals surface area (Å²) >= 11 is 0. The minimum Gasteiger partial charge on any atom is -0.465 e. The van der Waals surface area contributed by atoms with Crippen molar-refractivity contribution in [3.8, 4) is 0 Å². The summed E-state index contributed by atoms with van der Waals surface area (Å²) in [6, 6.07) is 5.11. The van der Waals surface area contributed by atoms with E-state index in [1.807, 2.05) is 0 Å². The molecule has 0 saturated heterocycles. The zero-order valence-electron chi connectivity index (χ0n) is 11.7. The van der Waals surface area contributed by atoms with E-state index >= 15 is 0 Å². The van der Waals surface area contributed by atoms with Gasteiger partial charge in [0.25, 0.3) is 11.8 Å². The summed E-state index contributed by atoms with van der Waals surface area (Å²) in [6.45, 7) is 0. The molecule has 3 rings (SSSR count). The second kappa shape index (κ2) is 5.40. The van der Waals surface area contributed by atoms with Crippen molar-refractivity contribution in [3.63, 3.8) is 0 Å². The van der Waals surface area contributed by atoms with Crippen molar-refractivity contribution < 1.29 is 23.9 Å². The fourth-order valence-electron chi connectivity index (χ4n) is 3.21. The molecule has 0 unspecified atom stereocenters. The van der Waals surface area contributed by atoms with Crippen molar-refractivity contribution in [2.45, 2.75) is 37.5 Å². The van der Waals surface area contributed by atoms with Gasteiger partial charge in [-0.1, -0.05) is 12.1 Å². The molecule has 1 aliphatic heterocycles. The number of imide groups is 1. The van der Waals surface area contributed by atoms with Crippen LogP contribution in [0, 0.1) is 0 Å². The fourth-order valence-corrected chi connectivity index (χ4v) is 3.21. The number of fused-ring (bicyclic) bond motifs is 1. The summed E-state index contributed by atoms with van der Waals surface area (Å²) < 4.78 is 14.4. The summed E-state index contributed by atoms with van der Waals surface area (Å²) in [5, 5.41) is 10.9. The Balaban J connectivity index is 1.78. The Hall–Kier alpha value is -2.44. The van der Waals surface area contributed by atoms with Gasteiger partial charge < -0.3 is 10.4 Å². The van der Waals surface area contributed by atoms with Crippen LogP contribution in [0.4, 0.5) is 9.18 Å². The number of nitrogens with zero attached hydrogens (tertiary/aromatic N) is 1. The number of alkyl halides is 1. The lowest BCUT2D eigenvalue weighted by Crippen LogP contribution is -2.51. The Labute approximate surface area is 125 Å². The summed E-state index contributed by atoms with van der Waals surface area (Å²) in [5.74, 6) is -0.948. The van der Waals surface area contributed by atoms with E-state index in [0.717, 1.165) is 4.90 Å². The predicted octanol–water partition coefficient (Wildman–Crippen LogP) is 1.81. The smallest absolute Gasteiger partial charge is 0.404 e. The van der Waals surface area contributed by atoms with Crippen LogP contribution in [0.5, 0.6) is 0 Å². The highest BCUT2D eigenvalue weighted by Gasteiger charge is 2.45. The standard InChI is InChI=1S/C15H15FN2O4/c16-11-7-8(17-15(21)22)5-6-12(11)18-13(19)9-3-1-2-4-10(9)14(18)20/h1-4,8,11-12,17H,5-7H2,(H,21,22)/t8-,11+,12-/m1/s1. The summed E-state index contributed by atoms with van der Waals surface area (Å²) in [5.41, 5.74) is 0.593. The van der Waals surface area contributed by atoms with E-state index in [-0.39, 0.29) is 12.8 Å². The van der Waals surface area contributed by atoms with Crippen LogP contribution in [0.1, 0.15) is 40.0 Å². The maximum atomic E-state index is 14.4. The molecule has 3 atom stereocenters. The van der Waals surface area contributed by atoms with Gasteiger partial charge in [0.1, 0.15) is 6.17 Å². The number of hydrogen-bond acceptors (Lipinski definition) is 3. The molecule has 1 heterocycles. The summed E-state index contributed by atoms with van der Waals surface area (Å²) in [4.78, 5) is 36.3. The van der Waals surface area contributed by atoms with Crippen LogP contribution in [0.25, 0.3) is 0 Å². The number of carbonyl (C=O) groups excluding carboxylic acids is 2. The maximum absolute atomic E-state index is 14.4. The molecule has 2 N–H and O–H groups in total. The topological polar surface area (TPSA) is 86.7 Å². The zero-order chi connectivity index (χ0) is 15.9. The number of amides is 3. The molecular weight excluding hydrogens is 291 g/mol. The Bertz CT molecular complexity index is 613. The van der Waals surface area contributed by atoms with Crippen molar-refractivity contribution >= 4 is 17.9 Å². The second-order valence-corrected chi connectivity index (χ2v) is 5.57. The van der Waals surface area contributed by atoms with Crippen LogP contribution in [-0.2, 0) is 0 Å². The molecule has 116 valence electrons. The molecule has 1 aliphatic carbocycles. The third-order valence-corrected chi connectivity index (χ3v) is 4.22. The van der Waals surface area contributed by atoms with Gasteiger partial charge in [0.15, 0.2) is 0 Å². The van der Waals surface area contributed by atoms with Crippen molar-refractivity contribution in [1.29, 1.82) is 0 Å². The molecule has 22 heavy (non-hydrogen) atoms. The van der Waals surface area contributed by atoms with Gasteiger partial charge in [-0.25, -0.2) is 9.18 Å². The average Bonchev–Trinajstić information content (AvgIpc) is 2.72. The van der Waals surface area contributed by atoms with Gasteiger partial charge in [-0.15, -0.1) is 0 Å². The lowest BCUT2D eigenvalue weighted by Gasteiger charge is -2.35. The van der Waals surface area contributed by atoms with Crippen LogP contribution < -0.4 is 5.32 Å². The van der Waals surface area contributed by atoms with Gasteiger partial charge >= 0.3 is 6.09 Å². The van der Waals surface area contributed by atoms with Crippen molar-refractivity contribution in [1.82, 2.24) is 10.2 Å². The van der Waals surface area contributed by atoms with Gasteiger partial charge in [-0.05, 0) is 25.0 Å². The van der Waals surface area contributed by atoms with Crippen molar-refractivity contribution in [2.24, 2.45) is 0 Å². The van der Waals surface area contributed by atoms with E-state index in [4.69, 9.17) is 5.11 Å². The molecule has 0 aromatic heterocycles. The normalized spacial score (nSPS) is 27.7. The van der Waals surface area contributed by atoms with Gasteiger partial charge in [0, 0.05) is 12.5 Å². The lowest BCUT2D eigenvalue weighted by atomic mass is 9.88. The second-order valence-electron chi connectivity index (χ2n) is 5.57. The Morgan fingerprint density at radius 3 is 2.27 bits per heavy atom. The number of nitrogens with one attached hydrogen (secondary N) is 1. The fraction of sp³-hybridized carbons (Fsp3) is 0.400. The number of benzene rings is 1. The Kier molecular flexibility index (Phi) is 3.56. The molecule has 1 aromatic rings. The van der Waals surface area contributed by atoms with E-state index in [1.54, 1.807) is 24.3 Å². The number of rotatable bonds is 2. The molecule has 2 aliphatic rings. The molecule has 3 amide bonds. The van der Waals surface area contributed by atoms with Crippen LogP contribution in [-0.4, -0.2) is 46.2 Å². The maximum Gasteiger partial charge on any atom is 0.404 e. The molecule has 1 saturated carbocycles. The molecule has 0 spiro atoms. The monoisotopic (exact) mass is 306 g/mol. The van der Waals surface area contributed by atoms with Crippen LogP contribution in [0.3, 0.4) is 0 Å². The highest BCUT2D eigenvalue weighted by molar-refractivity contribution is 6.21. The first kappa shape index (κ1) is 14.5. The van der Waals surface area contributed by atoms with E-state index in [2.05, 4.69) is 5.32 Å². The van der Waals surface area contributed by atoms with Gasteiger partial charge in [0.05, 0.1) is 17.2 Å². The van der Waals surface area contributed by atoms with Crippen molar-refractivity contribution in [3.05, 3.63) is 35.4 Å². The quantitative estimate of drug-likeness (QED) is 0.816. The average molecular weight is 306 g/mol. The predicted molar refractivity (Wildman–Crippen MR) is 74.4 cm³/mol. The molecule has 0 bridgehead atoms. The number of halogens is 1. The first-order valence-electron chi connectivity index (χ1n) is 7.09. The molecule has 1 aromatic carbocycles. The minimum atomic E-state index is -1.44. The van der Waals surface area contributed by atoms with Crippen LogP contribution in [0.15, 0.2) is 24.3 Å². The van der Waals surface area contributed by atoms with Gasteiger partial charge in [-0.3, -0.25) is 14.5 Å². The third-order valence-electron chi connectivity index (χ3n) is 4.22. The van der Waals surface area contributed by atoms with E-state index < -0.39 is 36.2 Å². The first-order valence-corrected chi connectivity index (χ1v) is 7.09. The summed E-state index contributed by atoms with van der Waals surface area (Å²) in [7, 11) is 0. The SMILES string of the molecule is O=C(O)N[C@@H]1CC[C@@H](N2C(=O)c3ccccc3C2=O)[C@@H](F)C1. The minimum absolute atomic E-state index is 0.0373. The van der Waals surface area contributed by atoms with E-state index in [0.29, 0.717) is 17.5 Å². The largest absolute Gasteiger partial charge is 0.465 e. The van der Waals surface area contributed by atoms with Gasteiger partial charge in [0.2, 0.25) is 0 Å². The number of hydrogen-bond donors (Lipinski definition) is 2. The summed E-state index contributed by atoms with van der Waals surface area (Å²) in [6.07, 6.45) is -2.03. The van der Waals surface area contributed by atoms with E-state index in [9.17, 15) is 18.8 Å². The highest BCUT2D eigenvalue weighted by atomic mass is 19.1. The number of carboxylic acid groups (broad SMARTS) is 1. The van der Waals surface area contributed by atoms with Crippen molar-refractivity contribution in [2.75, 3.05) is 0 Å². The lowest BCUT2D eigenvalue weighted by molar-refractivity contribution is 0.0384. The van der Waals surface area contributed by atoms with Crippen LogP contribution >= 0.6 is 0 Å². The number of carbonyl (C=O) groups is 3.